The molecule has 0 aliphatic carbocycles. The van der Waals surface area contributed by atoms with Crippen LogP contribution in [0.4, 0.5) is 16.5 Å². The number of imide groups is 1. The molecule has 8 nitrogen and oxygen atoms in total. The Bertz CT molecular complexity index is 1290. The molecule has 4 rings (SSSR count). The molecule has 0 spiro atoms. The second-order valence-electron chi connectivity index (χ2n) is 6.99. The molecule has 0 saturated carbocycles. The minimum Gasteiger partial charge on any atom is -0.492 e. The molecule has 33 heavy (non-hydrogen) atoms. The van der Waals surface area contributed by atoms with E-state index in [2.05, 4.69) is 15.6 Å². The van der Waals surface area contributed by atoms with E-state index in [0.29, 0.717) is 34.4 Å². The topological polar surface area (TPSA) is 101 Å². The molecule has 1 aliphatic heterocycles. The van der Waals surface area contributed by atoms with Gasteiger partial charge in [0.15, 0.2) is 5.13 Å². The fourth-order valence-electron chi connectivity index (χ4n) is 3.21. The van der Waals surface area contributed by atoms with Crippen molar-refractivity contribution in [2.24, 2.45) is 0 Å². The molecule has 3 aromatic rings. The standard InChI is InChI=1S/C23H19ClN4O4S/c1-3-32-17-10-5-4-9-16(17)28-21(30)18(24)19(22(28)31)26-15-8-6-7-14(11-15)20(29)27-23-25-13(2)12-33-23/h4-12,26H,3H2,1-2H3,(H,25,27,29). The molecule has 1 aromatic heterocycles. The molecule has 2 aromatic carbocycles. The summed E-state index contributed by atoms with van der Waals surface area (Å²) >= 11 is 7.56. The van der Waals surface area contributed by atoms with Crippen LogP contribution in [-0.2, 0) is 9.59 Å². The monoisotopic (exact) mass is 482 g/mol. The fraction of sp³-hybridized carbons (Fsp3) is 0.130. The van der Waals surface area contributed by atoms with Crippen LogP contribution in [0.1, 0.15) is 23.0 Å². The highest BCUT2D eigenvalue weighted by molar-refractivity contribution is 7.13. The van der Waals surface area contributed by atoms with E-state index in [9.17, 15) is 14.4 Å². The Hall–Kier alpha value is -3.69. The summed E-state index contributed by atoms with van der Waals surface area (Å²) in [7, 11) is 0. The number of aryl methyl sites for hydroxylation is 1. The third-order valence-corrected chi connectivity index (χ3v) is 5.89. The molecular weight excluding hydrogens is 464 g/mol. The largest absolute Gasteiger partial charge is 0.492 e. The first-order valence-electron chi connectivity index (χ1n) is 10.00. The summed E-state index contributed by atoms with van der Waals surface area (Å²) in [6, 6.07) is 13.2. The SMILES string of the molecule is CCOc1ccccc1N1C(=O)C(Cl)=C(Nc2cccc(C(=O)Nc3nc(C)cs3)c2)C1=O. The van der Waals surface area contributed by atoms with Crippen molar-refractivity contribution in [3.63, 3.8) is 0 Å². The van der Waals surface area contributed by atoms with E-state index < -0.39 is 11.8 Å². The van der Waals surface area contributed by atoms with Gasteiger partial charge in [0.2, 0.25) is 0 Å². The number of amides is 3. The van der Waals surface area contributed by atoms with Crippen LogP contribution in [-0.4, -0.2) is 29.3 Å². The van der Waals surface area contributed by atoms with E-state index in [-0.39, 0.29) is 16.6 Å². The van der Waals surface area contributed by atoms with Gasteiger partial charge in [-0.2, -0.15) is 0 Å². The molecule has 0 radical (unpaired) electrons. The predicted octanol–water partition coefficient (Wildman–Crippen LogP) is 4.54. The summed E-state index contributed by atoms with van der Waals surface area (Å²) in [5, 5.41) is 7.69. The minimum absolute atomic E-state index is 0.0823. The van der Waals surface area contributed by atoms with Gasteiger partial charge in [-0.1, -0.05) is 29.8 Å². The third kappa shape index (κ3) is 4.59. The Morgan fingerprint density at radius 2 is 1.94 bits per heavy atom. The van der Waals surface area contributed by atoms with Crippen LogP contribution in [0.3, 0.4) is 0 Å². The maximum Gasteiger partial charge on any atom is 0.283 e. The molecule has 2 N–H and O–H groups in total. The number of carbonyl (C=O) groups is 3. The number of hydrogen-bond acceptors (Lipinski definition) is 7. The van der Waals surface area contributed by atoms with Gasteiger partial charge in [0, 0.05) is 16.6 Å². The van der Waals surface area contributed by atoms with Crippen LogP contribution in [0.15, 0.2) is 64.6 Å². The summed E-state index contributed by atoms with van der Waals surface area (Å²) in [4.78, 5) is 43.7. The highest BCUT2D eigenvalue weighted by Gasteiger charge is 2.40. The van der Waals surface area contributed by atoms with Crippen molar-refractivity contribution >= 4 is 57.2 Å². The Labute approximate surface area is 198 Å². The van der Waals surface area contributed by atoms with Crippen molar-refractivity contribution in [2.45, 2.75) is 13.8 Å². The van der Waals surface area contributed by atoms with Crippen LogP contribution in [0.5, 0.6) is 5.75 Å². The van der Waals surface area contributed by atoms with Crippen LogP contribution in [0.2, 0.25) is 0 Å². The van der Waals surface area contributed by atoms with Crippen molar-refractivity contribution < 1.29 is 19.1 Å². The highest BCUT2D eigenvalue weighted by Crippen LogP contribution is 2.35. The van der Waals surface area contributed by atoms with E-state index in [4.69, 9.17) is 16.3 Å². The number of rotatable bonds is 7. The molecular formula is C23H19ClN4O4S. The van der Waals surface area contributed by atoms with Crippen LogP contribution >= 0.6 is 22.9 Å². The molecule has 3 amide bonds. The molecule has 1 aliphatic rings. The maximum absolute atomic E-state index is 13.1. The highest BCUT2D eigenvalue weighted by atomic mass is 35.5. The number of thiazole rings is 1. The van der Waals surface area contributed by atoms with Gasteiger partial charge in [0.25, 0.3) is 17.7 Å². The van der Waals surface area contributed by atoms with Crippen LogP contribution < -0.4 is 20.3 Å². The molecule has 0 atom stereocenters. The third-order valence-electron chi connectivity index (χ3n) is 4.67. The summed E-state index contributed by atoms with van der Waals surface area (Å²) < 4.78 is 5.55. The number of halogens is 1. The van der Waals surface area contributed by atoms with E-state index in [1.807, 2.05) is 12.3 Å². The lowest BCUT2D eigenvalue weighted by Gasteiger charge is -2.18. The number of aromatic nitrogens is 1. The van der Waals surface area contributed by atoms with Crippen LogP contribution in [0, 0.1) is 6.92 Å². The summed E-state index contributed by atoms with van der Waals surface area (Å²) in [6.07, 6.45) is 0. The van der Waals surface area contributed by atoms with Gasteiger partial charge in [0.05, 0.1) is 18.0 Å². The Balaban J connectivity index is 1.56. The molecule has 0 bridgehead atoms. The molecule has 0 unspecified atom stereocenters. The maximum atomic E-state index is 13.1. The van der Waals surface area contributed by atoms with E-state index >= 15 is 0 Å². The number of hydrogen-bond donors (Lipinski definition) is 2. The quantitative estimate of drug-likeness (QED) is 0.479. The second-order valence-corrected chi connectivity index (χ2v) is 8.23. The summed E-state index contributed by atoms with van der Waals surface area (Å²) in [5.74, 6) is -1.24. The van der Waals surface area contributed by atoms with Gasteiger partial charge < -0.3 is 10.1 Å². The number of carbonyl (C=O) groups excluding carboxylic acids is 3. The number of ether oxygens (including phenoxy) is 1. The average Bonchev–Trinajstić information content (AvgIpc) is 3.30. The average molecular weight is 483 g/mol. The lowest BCUT2D eigenvalue weighted by Crippen LogP contribution is -2.32. The number of nitrogens with zero attached hydrogens (tertiary/aromatic N) is 2. The normalized spacial score (nSPS) is 13.5. The predicted molar refractivity (Wildman–Crippen MR) is 128 cm³/mol. The van der Waals surface area contributed by atoms with Gasteiger partial charge in [-0.05, 0) is 44.2 Å². The molecule has 0 saturated heterocycles. The molecule has 0 fully saturated rings. The van der Waals surface area contributed by atoms with Gasteiger partial charge in [-0.15, -0.1) is 11.3 Å². The summed E-state index contributed by atoms with van der Waals surface area (Å²) in [6.45, 7) is 4.01. The van der Waals surface area contributed by atoms with E-state index in [0.717, 1.165) is 10.6 Å². The Morgan fingerprint density at radius 1 is 1.15 bits per heavy atom. The molecule has 10 heteroatoms. The number of benzene rings is 2. The van der Waals surface area contributed by atoms with Gasteiger partial charge in [0.1, 0.15) is 16.5 Å². The number of para-hydroxylation sites is 2. The minimum atomic E-state index is -0.663. The first-order valence-corrected chi connectivity index (χ1v) is 11.3. The number of anilines is 3. The van der Waals surface area contributed by atoms with Gasteiger partial charge >= 0.3 is 0 Å². The van der Waals surface area contributed by atoms with Crippen molar-refractivity contribution in [1.82, 2.24) is 4.98 Å². The smallest absolute Gasteiger partial charge is 0.283 e. The zero-order valence-electron chi connectivity index (χ0n) is 17.7. The first kappa shape index (κ1) is 22.5. The molecule has 168 valence electrons. The fourth-order valence-corrected chi connectivity index (χ4v) is 4.11. The van der Waals surface area contributed by atoms with E-state index in [1.165, 1.54) is 11.3 Å². The van der Waals surface area contributed by atoms with E-state index in [1.54, 1.807) is 55.5 Å². The zero-order chi connectivity index (χ0) is 23.5. The lowest BCUT2D eigenvalue weighted by molar-refractivity contribution is -0.120. The van der Waals surface area contributed by atoms with Gasteiger partial charge in [-0.3, -0.25) is 19.7 Å². The summed E-state index contributed by atoms with van der Waals surface area (Å²) in [5.41, 5.74) is 1.80. The van der Waals surface area contributed by atoms with Crippen molar-refractivity contribution in [2.75, 3.05) is 22.1 Å². The molecule has 2 heterocycles. The zero-order valence-corrected chi connectivity index (χ0v) is 19.3. The second kappa shape index (κ2) is 9.43. The number of nitrogens with one attached hydrogen (secondary N) is 2. The van der Waals surface area contributed by atoms with Crippen molar-refractivity contribution in [1.29, 1.82) is 0 Å². The Kier molecular flexibility index (Phi) is 6.43. The van der Waals surface area contributed by atoms with Crippen molar-refractivity contribution in [3.8, 4) is 5.75 Å². The Morgan fingerprint density at radius 3 is 2.67 bits per heavy atom. The lowest BCUT2D eigenvalue weighted by atomic mass is 10.2. The van der Waals surface area contributed by atoms with Crippen LogP contribution in [0.25, 0.3) is 0 Å². The van der Waals surface area contributed by atoms with Gasteiger partial charge in [-0.25, -0.2) is 9.88 Å². The van der Waals surface area contributed by atoms with Crippen molar-refractivity contribution in [3.05, 3.63) is 75.9 Å². The first-order chi connectivity index (χ1) is 15.9.